The number of hydrogen-bond acceptors (Lipinski definition) is 4. The monoisotopic (exact) mass is 369 g/mol. The van der Waals surface area contributed by atoms with Gasteiger partial charge in [0.15, 0.2) is 0 Å². The van der Waals surface area contributed by atoms with E-state index in [4.69, 9.17) is 5.73 Å². The highest BCUT2D eigenvalue weighted by Crippen LogP contribution is 2.22. The third-order valence-corrected chi connectivity index (χ3v) is 6.33. The van der Waals surface area contributed by atoms with E-state index >= 15 is 0 Å². The van der Waals surface area contributed by atoms with Gasteiger partial charge in [-0.2, -0.15) is 0 Å². The van der Waals surface area contributed by atoms with E-state index in [1.807, 2.05) is 20.8 Å². The summed E-state index contributed by atoms with van der Waals surface area (Å²) in [5.41, 5.74) is 5.29. The first-order valence-electron chi connectivity index (χ1n) is 8.85. The summed E-state index contributed by atoms with van der Waals surface area (Å²) in [5, 5.41) is 0. The summed E-state index contributed by atoms with van der Waals surface area (Å²) in [6.45, 7) is 6.63. The molecule has 25 heavy (non-hydrogen) atoms. The Kier molecular flexibility index (Phi) is 8.05. The summed E-state index contributed by atoms with van der Waals surface area (Å²) in [6.07, 6.45) is 2.99. The second-order valence-electron chi connectivity index (χ2n) is 6.37. The van der Waals surface area contributed by atoms with Crippen molar-refractivity contribution >= 4 is 15.9 Å². The Labute approximate surface area is 151 Å². The van der Waals surface area contributed by atoms with E-state index in [1.54, 1.807) is 30.1 Å². The molecular formula is C18H31N3O3S. The largest absolute Gasteiger partial charge is 0.342 e. The molecule has 0 heterocycles. The normalized spacial score (nSPS) is 12.2. The lowest BCUT2D eigenvalue weighted by atomic mass is 9.95. The maximum Gasteiger partial charge on any atom is 0.254 e. The zero-order valence-electron chi connectivity index (χ0n) is 15.7. The highest BCUT2D eigenvalue weighted by molar-refractivity contribution is 7.89. The number of carbonyl (C=O) groups excluding carboxylic acids is 1. The lowest BCUT2D eigenvalue weighted by Crippen LogP contribution is -2.52. The molecule has 0 atom stereocenters. The molecule has 6 nitrogen and oxygen atoms in total. The van der Waals surface area contributed by atoms with E-state index in [0.717, 1.165) is 12.8 Å². The predicted octanol–water partition coefficient (Wildman–Crippen LogP) is 2.35. The maximum absolute atomic E-state index is 12.9. The van der Waals surface area contributed by atoms with Gasteiger partial charge in [0, 0.05) is 25.7 Å². The van der Waals surface area contributed by atoms with Gasteiger partial charge in [-0.15, -0.1) is 0 Å². The first kappa shape index (κ1) is 21.6. The fourth-order valence-corrected chi connectivity index (χ4v) is 4.40. The minimum Gasteiger partial charge on any atom is -0.342 e. The van der Waals surface area contributed by atoms with Gasteiger partial charge in [0.1, 0.15) is 0 Å². The number of nitrogens with two attached hydrogens (primary N) is 1. The van der Waals surface area contributed by atoms with E-state index < -0.39 is 15.6 Å². The maximum atomic E-state index is 12.9. The minimum absolute atomic E-state index is 0.00285. The van der Waals surface area contributed by atoms with E-state index in [0.29, 0.717) is 19.4 Å². The average molecular weight is 370 g/mol. The summed E-state index contributed by atoms with van der Waals surface area (Å²) in [4.78, 5) is 14.3. The van der Waals surface area contributed by atoms with Crippen molar-refractivity contribution in [3.63, 3.8) is 0 Å². The molecule has 1 aromatic rings. The first-order chi connectivity index (χ1) is 11.8. The molecule has 3 N–H and O–H groups in total. The fraction of sp³-hybridized carbons (Fsp3) is 0.611. The molecular weight excluding hydrogens is 338 g/mol. The van der Waals surface area contributed by atoms with Crippen molar-refractivity contribution in [2.24, 2.45) is 5.73 Å². The van der Waals surface area contributed by atoms with Gasteiger partial charge in [0.2, 0.25) is 10.0 Å². The molecule has 0 saturated carbocycles. The third kappa shape index (κ3) is 5.26. The molecule has 0 unspecified atom stereocenters. The van der Waals surface area contributed by atoms with Crippen LogP contribution in [-0.4, -0.2) is 44.9 Å². The number of unbranched alkanes of at least 4 members (excludes halogenated alkanes) is 1. The average Bonchev–Trinajstić information content (AvgIpc) is 2.63. The molecule has 0 radical (unpaired) electrons. The van der Waals surface area contributed by atoms with Crippen LogP contribution in [0.4, 0.5) is 0 Å². The van der Waals surface area contributed by atoms with Crippen LogP contribution in [0.5, 0.6) is 0 Å². The Bertz CT molecular complexity index is 662. The molecule has 0 fully saturated rings. The quantitative estimate of drug-likeness (QED) is 0.662. The number of nitrogens with one attached hydrogen (secondary N) is 1. The molecule has 0 saturated heterocycles. The van der Waals surface area contributed by atoms with Crippen LogP contribution in [0, 0.1) is 0 Å². The molecule has 0 spiro atoms. The van der Waals surface area contributed by atoms with Crippen molar-refractivity contribution < 1.29 is 13.2 Å². The van der Waals surface area contributed by atoms with Gasteiger partial charge in [-0.25, -0.2) is 13.1 Å². The molecule has 0 aliphatic heterocycles. The smallest absolute Gasteiger partial charge is 0.254 e. The zero-order valence-corrected chi connectivity index (χ0v) is 16.5. The molecule has 1 amide bonds. The fourth-order valence-electron chi connectivity index (χ4n) is 2.64. The van der Waals surface area contributed by atoms with Crippen LogP contribution in [0.1, 0.15) is 56.8 Å². The summed E-state index contributed by atoms with van der Waals surface area (Å²) < 4.78 is 28.6. The van der Waals surface area contributed by atoms with E-state index in [9.17, 15) is 13.2 Å². The van der Waals surface area contributed by atoms with E-state index in [2.05, 4.69) is 4.72 Å². The Morgan fingerprint density at radius 2 is 1.80 bits per heavy atom. The van der Waals surface area contributed by atoms with E-state index in [1.165, 1.54) is 6.07 Å². The second-order valence-corrected chi connectivity index (χ2v) is 8.02. The Hall–Kier alpha value is -1.44. The number of carbonyl (C=O) groups is 1. The summed E-state index contributed by atoms with van der Waals surface area (Å²) >= 11 is 0. The molecule has 0 aliphatic rings. The van der Waals surface area contributed by atoms with Crippen LogP contribution >= 0.6 is 0 Å². The zero-order chi connectivity index (χ0) is 19.1. The van der Waals surface area contributed by atoms with Crippen LogP contribution in [0.25, 0.3) is 0 Å². The lowest BCUT2D eigenvalue weighted by molar-refractivity contribution is 0.0789. The van der Waals surface area contributed by atoms with Crippen LogP contribution in [0.2, 0.25) is 0 Å². The molecule has 1 aromatic carbocycles. The van der Waals surface area contributed by atoms with Gasteiger partial charge in [-0.1, -0.05) is 39.3 Å². The Morgan fingerprint density at radius 3 is 2.32 bits per heavy atom. The predicted molar refractivity (Wildman–Crippen MR) is 101 cm³/mol. The summed E-state index contributed by atoms with van der Waals surface area (Å²) in [5.74, 6) is -0.291. The number of benzene rings is 1. The van der Waals surface area contributed by atoms with Crippen molar-refractivity contribution in [2.45, 2.75) is 56.9 Å². The minimum atomic E-state index is -3.86. The number of rotatable bonds is 10. The number of nitrogens with zero attached hydrogens (tertiary/aromatic N) is 1. The first-order valence-corrected chi connectivity index (χ1v) is 10.3. The van der Waals surface area contributed by atoms with Gasteiger partial charge < -0.3 is 10.6 Å². The highest BCUT2D eigenvalue weighted by Gasteiger charge is 2.33. The standard InChI is InChI=1S/C18H31N3O3S/c1-5-8-13-21(4)17(22)15-11-9-10-12-16(15)25(23,24)20-18(6-2,7-3)14-19/h9-12,20H,5-8,13-14,19H2,1-4H3. The van der Waals surface area contributed by atoms with Crippen LogP contribution in [-0.2, 0) is 10.0 Å². The summed E-state index contributed by atoms with van der Waals surface area (Å²) in [6, 6.07) is 6.33. The third-order valence-electron chi connectivity index (χ3n) is 4.70. The topological polar surface area (TPSA) is 92.5 Å². The molecule has 0 bridgehead atoms. The van der Waals surface area contributed by atoms with Crippen molar-refractivity contribution in [2.75, 3.05) is 20.1 Å². The SMILES string of the molecule is CCCCN(C)C(=O)c1ccccc1S(=O)(=O)NC(CC)(CC)CN. The molecule has 7 heteroatoms. The lowest BCUT2D eigenvalue weighted by Gasteiger charge is -2.31. The molecule has 1 rings (SSSR count). The Balaban J connectivity index is 3.23. The van der Waals surface area contributed by atoms with E-state index in [-0.39, 0.29) is 22.9 Å². The van der Waals surface area contributed by atoms with Crippen molar-refractivity contribution in [3.05, 3.63) is 29.8 Å². The van der Waals surface area contributed by atoms with Crippen molar-refractivity contribution in [3.8, 4) is 0 Å². The van der Waals surface area contributed by atoms with Gasteiger partial charge in [-0.05, 0) is 31.4 Å². The van der Waals surface area contributed by atoms with Crippen molar-refractivity contribution in [1.82, 2.24) is 9.62 Å². The van der Waals surface area contributed by atoms with Crippen LogP contribution in [0.15, 0.2) is 29.2 Å². The highest BCUT2D eigenvalue weighted by atomic mass is 32.2. The molecule has 142 valence electrons. The van der Waals surface area contributed by atoms with Crippen LogP contribution < -0.4 is 10.5 Å². The molecule has 0 aromatic heterocycles. The molecule has 0 aliphatic carbocycles. The van der Waals surface area contributed by atoms with Gasteiger partial charge >= 0.3 is 0 Å². The Morgan fingerprint density at radius 1 is 1.20 bits per heavy atom. The number of sulfonamides is 1. The van der Waals surface area contributed by atoms with Crippen LogP contribution in [0.3, 0.4) is 0 Å². The van der Waals surface area contributed by atoms with Gasteiger partial charge in [0.25, 0.3) is 5.91 Å². The van der Waals surface area contributed by atoms with Gasteiger partial charge in [0.05, 0.1) is 10.5 Å². The second kappa shape index (κ2) is 9.31. The summed E-state index contributed by atoms with van der Waals surface area (Å²) in [7, 11) is -2.17. The van der Waals surface area contributed by atoms with Gasteiger partial charge in [-0.3, -0.25) is 4.79 Å². The number of hydrogen-bond donors (Lipinski definition) is 2. The van der Waals surface area contributed by atoms with Crippen molar-refractivity contribution in [1.29, 1.82) is 0 Å². The number of amides is 1.